The van der Waals surface area contributed by atoms with Crippen molar-refractivity contribution in [1.29, 1.82) is 0 Å². The normalized spacial score (nSPS) is 12.1. The van der Waals surface area contributed by atoms with Crippen LogP contribution in [0, 0.1) is 6.92 Å². The molecule has 5 heteroatoms. The van der Waals surface area contributed by atoms with E-state index < -0.39 is 0 Å². The molecule has 0 aromatic heterocycles. The standard InChI is InChI=1S/C13H20ClN3O/c1-3-6-17(9-13(15)16-18)8-11-5-4-10(2)7-12(11)14/h4-5,7,18H,3,6,8-9H2,1-2H3,(H2,15,16). The first-order valence-corrected chi connectivity index (χ1v) is 6.38. The SMILES string of the molecule is CCCN(C/C(N)=N/O)Cc1ccc(C)cc1Cl. The lowest BCUT2D eigenvalue weighted by atomic mass is 10.1. The summed E-state index contributed by atoms with van der Waals surface area (Å²) >= 11 is 6.21. The van der Waals surface area contributed by atoms with Crippen molar-refractivity contribution in [3.63, 3.8) is 0 Å². The molecule has 0 fully saturated rings. The van der Waals surface area contributed by atoms with E-state index in [1.54, 1.807) is 0 Å². The Balaban J connectivity index is 2.76. The van der Waals surface area contributed by atoms with Crippen molar-refractivity contribution in [1.82, 2.24) is 4.90 Å². The molecule has 0 saturated heterocycles. The molecule has 100 valence electrons. The van der Waals surface area contributed by atoms with Gasteiger partial charge >= 0.3 is 0 Å². The van der Waals surface area contributed by atoms with Crippen LogP contribution in [0.4, 0.5) is 0 Å². The van der Waals surface area contributed by atoms with Crippen molar-refractivity contribution in [3.8, 4) is 0 Å². The van der Waals surface area contributed by atoms with E-state index in [-0.39, 0.29) is 5.84 Å². The maximum atomic E-state index is 8.62. The van der Waals surface area contributed by atoms with Crippen LogP contribution in [0.5, 0.6) is 0 Å². The average molecular weight is 270 g/mol. The highest BCUT2D eigenvalue weighted by molar-refractivity contribution is 6.31. The fraction of sp³-hybridized carbons (Fsp3) is 0.462. The molecule has 0 atom stereocenters. The van der Waals surface area contributed by atoms with Crippen LogP contribution < -0.4 is 5.73 Å². The van der Waals surface area contributed by atoms with E-state index in [9.17, 15) is 0 Å². The number of hydrogen-bond acceptors (Lipinski definition) is 3. The molecule has 0 bridgehead atoms. The zero-order valence-corrected chi connectivity index (χ0v) is 11.6. The van der Waals surface area contributed by atoms with Crippen molar-refractivity contribution in [2.45, 2.75) is 26.8 Å². The summed E-state index contributed by atoms with van der Waals surface area (Å²) in [7, 11) is 0. The Morgan fingerprint density at radius 3 is 2.78 bits per heavy atom. The van der Waals surface area contributed by atoms with Crippen molar-refractivity contribution in [3.05, 3.63) is 34.3 Å². The highest BCUT2D eigenvalue weighted by Gasteiger charge is 2.09. The van der Waals surface area contributed by atoms with Gasteiger partial charge in [-0.15, -0.1) is 0 Å². The van der Waals surface area contributed by atoms with Crippen LogP contribution >= 0.6 is 11.6 Å². The van der Waals surface area contributed by atoms with E-state index in [1.165, 1.54) is 0 Å². The lowest BCUT2D eigenvalue weighted by Crippen LogP contribution is -2.34. The maximum absolute atomic E-state index is 8.62. The van der Waals surface area contributed by atoms with Crippen molar-refractivity contribution < 1.29 is 5.21 Å². The number of oxime groups is 1. The fourth-order valence-electron chi connectivity index (χ4n) is 1.81. The van der Waals surface area contributed by atoms with Gasteiger partial charge in [-0.3, -0.25) is 4.90 Å². The van der Waals surface area contributed by atoms with Gasteiger partial charge in [0.15, 0.2) is 5.84 Å². The number of nitrogens with two attached hydrogens (primary N) is 1. The second-order valence-electron chi connectivity index (χ2n) is 4.40. The van der Waals surface area contributed by atoms with Crippen molar-refractivity contribution >= 4 is 17.4 Å². The van der Waals surface area contributed by atoms with Crippen LogP contribution in [0.15, 0.2) is 23.4 Å². The Hall–Kier alpha value is -1.26. The average Bonchev–Trinajstić information content (AvgIpc) is 2.32. The smallest absolute Gasteiger partial charge is 0.153 e. The molecule has 1 aromatic rings. The van der Waals surface area contributed by atoms with Crippen molar-refractivity contribution in [2.75, 3.05) is 13.1 Å². The summed E-state index contributed by atoms with van der Waals surface area (Å²) in [6.45, 7) is 6.12. The van der Waals surface area contributed by atoms with Crippen LogP contribution in [0.25, 0.3) is 0 Å². The first-order chi connectivity index (χ1) is 8.56. The predicted molar refractivity (Wildman–Crippen MR) is 75.2 cm³/mol. The lowest BCUT2D eigenvalue weighted by Gasteiger charge is -2.21. The van der Waals surface area contributed by atoms with Gasteiger partial charge in [-0.1, -0.05) is 35.8 Å². The molecule has 0 spiro atoms. The summed E-state index contributed by atoms with van der Waals surface area (Å²) in [4.78, 5) is 2.10. The minimum atomic E-state index is 0.215. The fourth-order valence-corrected chi connectivity index (χ4v) is 2.11. The second-order valence-corrected chi connectivity index (χ2v) is 4.80. The Morgan fingerprint density at radius 1 is 1.50 bits per heavy atom. The number of benzene rings is 1. The van der Waals surface area contributed by atoms with Gasteiger partial charge in [-0.25, -0.2) is 0 Å². The van der Waals surface area contributed by atoms with Gasteiger partial charge in [-0.2, -0.15) is 0 Å². The van der Waals surface area contributed by atoms with Gasteiger partial charge < -0.3 is 10.9 Å². The summed E-state index contributed by atoms with van der Waals surface area (Å²) in [5, 5.41) is 12.4. The van der Waals surface area contributed by atoms with Gasteiger partial charge in [0.05, 0.1) is 6.54 Å². The van der Waals surface area contributed by atoms with E-state index in [1.807, 2.05) is 25.1 Å². The molecule has 1 aromatic carbocycles. The molecule has 0 aliphatic rings. The van der Waals surface area contributed by atoms with Gasteiger partial charge in [0.1, 0.15) is 0 Å². The third kappa shape index (κ3) is 4.55. The minimum Gasteiger partial charge on any atom is -0.409 e. The monoisotopic (exact) mass is 269 g/mol. The number of nitrogens with zero attached hydrogens (tertiary/aromatic N) is 2. The first-order valence-electron chi connectivity index (χ1n) is 6.00. The maximum Gasteiger partial charge on any atom is 0.153 e. The molecule has 0 amide bonds. The molecule has 0 saturated carbocycles. The Bertz CT molecular complexity index is 421. The molecule has 0 aliphatic heterocycles. The summed E-state index contributed by atoms with van der Waals surface area (Å²) in [5.41, 5.74) is 7.74. The highest BCUT2D eigenvalue weighted by Crippen LogP contribution is 2.19. The number of rotatable bonds is 6. The molecular weight excluding hydrogens is 250 g/mol. The summed E-state index contributed by atoms with van der Waals surface area (Å²) in [6, 6.07) is 6.01. The van der Waals surface area contributed by atoms with Gasteiger partial charge in [0.2, 0.25) is 0 Å². The number of aryl methyl sites for hydroxylation is 1. The van der Waals surface area contributed by atoms with Gasteiger partial charge in [-0.05, 0) is 37.1 Å². The highest BCUT2D eigenvalue weighted by atomic mass is 35.5. The Morgan fingerprint density at radius 2 is 2.22 bits per heavy atom. The molecule has 0 unspecified atom stereocenters. The largest absolute Gasteiger partial charge is 0.409 e. The van der Waals surface area contributed by atoms with Crippen LogP contribution in [-0.4, -0.2) is 29.0 Å². The van der Waals surface area contributed by atoms with E-state index in [0.717, 1.165) is 29.1 Å². The van der Waals surface area contributed by atoms with Gasteiger partial charge in [0.25, 0.3) is 0 Å². The molecular formula is C13H20ClN3O. The number of hydrogen-bond donors (Lipinski definition) is 2. The third-order valence-corrected chi connectivity index (χ3v) is 3.01. The van der Waals surface area contributed by atoms with Crippen LogP contribution in [0.2, 0.25) is 5.02 Å². The van der Waals surface area contributed by atoms with Crippen LogP contribution in [0.1, 0.15) is 24.5 Å². The molecule has 3 N–H and O–H groups in total. The number of amidine groups is 1. The second kappa shape index (κ2) is 7.24. The zero-order valence-electron chi connectivity index (χ0n) is 10.9. The molecule has 0 aliphatic carbocycles. The van der Waals surface area contributed by atoms with Crippen LogP contribution in [0.3, 0.4) is 0 Å². The summed E-state index contributed by atoms with van der Waals surface area (Å²) in [6.07, 6.45) is 1.00. The predicted octanol–water partition coefficient (Wildman–Crippen LogP) is 2.61. The van der Waals surface area contributed by atoms with E-state index in [2.05, 4.69) is 17.0 Å². The minimum absolute atomic E-state index is 0.215. The molecule has 1 rings (SSSR count). The van der Waals surface area contributed by atoms with Crippen molar-refractivity contribution in [2.24, 2.45) is 10.9 Å². The molecule has 0 radical (unpaired) electrons. The first kappa shape index (κ1) is 14.8. The summed E-state index contributed by atoms with van der Waals surface area (Å²) < 4.78 is 0. The topological polar surface area (TPSA) is 61.8 Å². The van der Waals surface area contributed by atoms with E-state index in [0.29, 0.717) is 13.1 Å². The van der Waals surface area contributed by atoms with Gasteiger partial charge in [0, 0.05) is 11.6 Å². The third-order valence-electron chi connectivity index (χ3n) is 2.66. The quantitative estimate of drug-likeness (QED) is 0.361. The molecule has 4 nitrogen and oxygen atoms in total. The van der Waals surface area contributed by atoms with E-state index in [4.69, 9.17) is 22.5 Å². The molecule has 18 heavy (non-hydrogen) atoms. The van der Waals surface area contributed by atoms with Crippen LogP contribution in [-0.2, 0) is 6.54 Å². The summed E-state index contributed by atoms with van der Waals surface area (Å²) in [5.74, 6) is 0.215. The Kier molecular flexibility index (Phi) is 5.95. The molecule has 0 heterocycles. The lowest BCUT2D eigenvalue weighted by molar-refractivity contribution is 0.286. The van der Waals surface area contributed by atoms with E-state index >= 15 is 0 Å². The Labute approximate surface area is 113 Å². The zero-order chi connectivity index (χ0) is 13.5. The number of halogens is 1.